The van der Waals surface area contributed by atoms with Gasteiger partial charge in [-0.1, -0.05) is 37.8 Å². The summed E-state index contributed by atoms with van der Waals surface area (Å²) in [5, 5.41) is 6.06. The molecule has 1 heterocycles. The molecule has 2 aromatic rings. The smallest absolute Gasteiger partial charge is 0.257 e. The molecule has 1 aromatic carbocycles. The number of benzene rings is 1. The summed E-state index contributed by atoms with van der Waals surface area (Å²) in [6.45, 7) is 0. The second-order valence-electron chi connectivity index (χ2n) is 6.23. The summed E-state index contributed by atoms with van der Waals surface area (Å²) in [6, 6.07) is 8.32. The van der Waals surface area contributed by atoms with Crippen LogP contribution in [0.5, 0.6) is 0 Å². The Bertz CT molecular complexity index is 697. The number of rotatable bonds is 4. The summed E-state index contributed by atoms with van der Waals surface area (Å²) in [4.78, 5) is 16.5. The second kappa shape index (κ2) is 7.90. The summed E-state index contributed by atoms with van der Waals surface area (Å²) < 4.78 is 13.6. The molecule has 0 atom stereocenters. The second-order valence-corrected chi connectivity index (χ2v) is 6.23. The van der Waals surface area contributed by atoms with Crippen molar-refractivity contribution < 1.29 is 9.18 Å². The van der Waals surface area contributed by atoms with Gasteiger partial charge in [-0.15, -0.1) is 0 Å². The van der Waals surface area contributed by atoms with Crippen LogP contribution in [0.2, 0.25) is 0 Å². The van der Waals surface area contributed by atoms with Crippen molar-refractivity contribution in [2.24, 2.45) is 0 Å². The zero-order valence-electron chi connectivity index (χ0n) is 13.6. The lowest BCUT2D eigenvalue weighted by Gasteiger charge is -2.17. The standard InChI is InChI=1S/C19H22FN3O/c20-17-9-5-6-10-18(17)23-19(24)14-11-16(13-21-12-14)22-15-7-3-1-2-4-8-15/h5-6,9-13,15,22H,1-4,7-8H2,(H,23,24). The minimum absolute atomic E-state index is 0.171. The molecule has 0 unspecified atom stereocenters. The van der Waals surface area contributed by atoms with Crippen molar-refractivity contribution in [3.8, 4) is 0 Å². The number of carbonyl (C=O) groups is 1. The van der Waals surface area contributed by atoms with Crippen LogP contribution in [0.15, 0.2) is 42.7 Å². The number of hydrogen-bond donors (Lipinski definition) is 2. The Morgan fingerprint density at radius 2 is 1.83 bits per heavy atom. The molecule has 5 heteroatoms. The van der Waals surface area contributed by atoms with Crippen molar-refractivity contribution in [1.82, 2.24) is 4.98 Å². The number of pyridine rings is 1. The minimum atomic E-state index is -0.452. The highest BCUT2D eigenvalue weighted by molar-refractivity contribution is 6.04. The van der Waals surface area contributed by atoms with Gasteiger partial charge in [0.05, 0.1) is 16.9 Å². The predicted octanol–water partition coefficient (Wildman–Crippen LogP) is 4.61. The fourth-order valence-corrected chi connectivity index (χ4v) is 3.06. The Morgan fingerprint density at radius 1 is 1.08 bits per heavy atom. The van der Waals surface area contributed by atoms with Gasteiger partial charge in [0.15, 0.2) is 0 Å². The van der Waals surface area contributed by atoms with Crippen LogP contribution in [0.1, 0.15) is 48.9 Å². The summed E-state index contributed by atoms with van der Waals surface area (Å²) in [5.74, 6) is -0.816. The van der Waals surface area contributed by atoms with E-state index in [2.05, 4.69) is 15.6 Å². The van der Waals surface area contributed by atoms with Crippen LogP contribution in [-0.4, -0.2) is 16.9 Å². The van der Waals surface area contributed by atoms with Gasteiger partial charge in [-0.25, -0.2) is 4.39 Å². The van der Waals surface area contributed by atoms with Gasteiger partial charge in [-0.3, -0.25) is 9.78 Å². The topological polar surface area (TPSA) is 54.0 Å². The quantitative estimate of drug-likeness (QED) is 0.806. The molecule has 0 bridgehead atoms. The molecular weight excluding hydrogens is 305 g/mol. The number of anilines is 2. The first-order valence-corrected chi connectivity index (χ1v) is 8.50. The lowest BCUT2D eigenvalue weighted by molar-refractivity contribution is 0.102. The third kappa shape index (κ3) is 4.31. The summed E-state index contributed by atoms with van der Waals surface area (Å²) in [5.41, 5.74) is 1.42. The molecule has 1 fully saturated rings. The van der Waals surface area contributed by atoms with E-state index in [9.17, 15) is 9.18 Å². The maximum atomic E-state index is 13.6. The highest BCUT2D eigenvalue weighted by Crippen LogP contribution is 2.21. The van der Waals surface area contributed by atoms with E-state index in [1.54, 1.807) is 24.4 Å². The predicted molar refractivity (Wildman–Crippen MR) is 93.7 cm³/mol. The number of hydrogen-bond acceptors (Lipinski definition) is 3. The third-order valence-electron chi connectivity index (χ3n) is 4.35. The van der Waals surface area contributed by atoms with Crippen molar-refractivity contribution >= 4 is 17.3 Å². The maximum Gasteiger partial charge on any atom is 0.257 e. The molecule has 0 spiro atoms. The molecule has 1 amide bonds. The van der Waals surface area contributed by atoms with E-state index in [-0.39, 0.29) is 11.6 Å². The normalized spacial score (nSPS) is 15.5. The molecule has 4 nitrogen and oxygen atoms in total. The van der Waals surface area contributed by atoms with Crippen LogP contribution >= 0.6 is 0 Å². The van der Waals surface area contributed by atoms with Gasteiger partial charge in [0.2, 0.25) is 0 Å². The zero-order valence-corrected chi connectivity index (χ0v) is 13.6. The summed E-state index contributed by atoms with van der Waals surface area (Å²) in [7, 11) is 0. The Labute approximate surface area is 141 Å². The van der Waals surface area contributed by atoms with Gasteiger partial charge in [-0.2, -0.15) is 0 Å². The molecule has 0 radical (unpaired) electrons. The Morgan fingerprint density at radius 3 is 2.58 bits per heavy atom. The van der Waals surface area contributed by atoms with E-state index in [0.29, 0.717) is 11.6 Å². The third-order valence-corrected chi connectivity index (χ3v) is 4.35. The van der Waals surface area contributed by atoms with Crippen LogP contribution in [0.3, 0.4) is 0 Å². The SMILES string of the molecule is O=C(Nc1ccccc1F)c1cncc(NC2CCCCCC2)c1. The minimum Gasteiger partial charge on any atom is -0.381 e. The Balaban J connectivity index is 1.68. The van der Waals surface area contributed by atoms with Gasteiger partial charge in [0.25, 0.3) is 5.91 Å². The molecule has 126 valence electrons. The zero-order chi connectivity index (χ0) is 16.8. The Kier molecular flexibility index (Phi) is 5.41. The van der Waals surface area contributed by atoms with Gasteiger partial charge in [0.1, 0.15) is 5.82 Å². The average Bonchev–Trinajstić information content (AvgIpc) is 2.86. The molecule has 3 rings (SSSR count). The lowest BCUT2D eigenvalue weighted by atomic mass is 10.1. The van der Waals surface area contributed by atoms with Gasteiger partial charge in [0, 0.05) is 18.4 Å². The molecule has 0 aliphatic heterocycles. The number of carbonyl (C=O) groups excluding carboxylic acids is 1. The number of nitrogens with zero attached hydrogens (tertiary/aromatic N) is 1. The van der Waals surface area contributed by atoms with Crippen molar-refractivity contribution in [2.45, 2.75) is 44.6 Å². The van der Waals surface area contributed by atoms with Gasteiger partial charge >= 0.3 is 0 Å². The van der Waals surface area contributed by atoms with E-state index in [4.69, 9.17) is 0 Å². The van der Waals surface area contributed by atoms with Gasteiger partial charge < -0.3 is 10.6 Å². The molecule has 0 saturated heterocycles. The number of aromatic nitrogens is 1. The van der Waals surface area contributed by atoms with Crippen molar-refractivity contribution in [3.63, 3.8) is 0 Å². The largest absolute Gasteiger partial charge is 0.381 e. The summed E-state index contributed by atoms with van der Waals surface area (Å²) >= 11 is 0. The maximum absolute atomic E-state index is 13.6. The fourth-order valence-electron chi connectivity index (χ4n) is 3.06. The Hall–Kier alpha value is -2.43. The lowest BCUT2D eigenvalue weighted by Crippen LogP contribution is -2.19. The average molecular weight is 327 g/mol. The number of para-hydroxylation sites is 1. The summed E-state index contributed by atoms with van der Waals surface area (Å²) in [6.07, 6.45) is 10.6. The molecule has 1 aromatic heterocycles. The molecule has 24 heavy (non-hydrogen) atoms. The van der Waals surface area contributed by atoms with Crippen LogP contribution in [-0.2, 0) is 0 Å². The first-order valence-electron chi connectivity index (χ1n) is 8.50. The van der Waals surface area contributed by atoms with Gasteiger partial charge in [-0.05, 0) is 31.0 Å². The molecular formula is C19H22FN3O. The van der Waals surface area contributed by atoms with Crippen LogP contribution in [0.4, 0.5) is 15.8 Å². The van der Waals surface area contributed by atoms with Crippen LogP contribution < -0.4 is 10.6 Å². The van der Waals surface area contributed by atoms with Crippen molar-refractivity contribution in [1.29, 1.82) is 0 Å². The number of halogens is 1. The van der Waals surface area contributed by atoms with E-state index in [1.165, 1.54) is 44.0 Å². The monoisotopic (exact) mass is 327 g/mol. The molecule has 1 aliphatic rings. The first kappa shape index (κ1) is 16.4. The van der Waals surface area contributed by atoms with Crippen LogP contribution in [0, 0.1) is 5.82 Å². The number of nitrogens with one attached hydrogen (secondary N) is 2. The highest BCUT2D eigenvalue weighted by atomic mass is 19.1. The van der Waals surface area contributed by atoms with Crippen LogP contribution in [0.25, 0.3) is 0 Å². The first-order chi connectivity index (χ1) is 11.7. The van der Waals surface area contributed by atoms with Crippen molar-refractivity contribution in [3.05, 3.63) is 54.1 Å². The molecule has 2 N–H and O–H groups in total. The number of amides is 1. The molecule has 1 saturated carbocycles. The van der Waals surface area contributed by atoms with E-state index in [1.807, 2.05) is 0 Å². The van der Waals surface area contributed by atoms with E-state index < -0.39 is 5.82 Å². The fraction of sp³-hybridized carbons (Fsp3) is 0.368. The van der Waals surface area contributed by atoms with E-state index in [0.717, 1.165) is 18.5 Å². The highest BCUT2D eigenvalue weighted by Gasteiger charge is 2.14. The molecule has 1 aliphatic carbocycles. The van der Waals surface area contributed by atoms with Crippen molar-refractivity contribution in [2.75, 3.05) is 10.6 Å². The van der Waals surface area contributed by atoms with E-state index >= 15 is 0 Å².